The molecule has 1 N–H and O–H groups in total. The van der Waals surface area contributed by atoms with E-state index < -0.39 is 0 Å². The summed E-state index contributed by atoms with van der Waals surface area (Å²) in [6.45, 7) is 3.97. The third-order valence-electron chi connectivity index (χ3n) is 3.18. The van der Waals surface area contributed by atoms with E-state index in [1.807, 2.05) is 31.2 Å². The number of nitrogens with one attached hydrogen (secondary N) is 1. The van der Waals surface area contributed by atoms with Gasteiger partial charge >= 0.3 is 0 Å². The van der Waals surface area contributed by atoms with Gasteiger partial charge in [0.25, 0.3) is 0 Å². The van der Waals surface area contributed by atoms with Gasteiger partial charge in [0.2, 0.25) is 0 Å². The zero-order valence-corrected chi connectivity index (χ0v) is 11.4. The average Bonchev–Trinajstić information content (AvgIpc) is 2.42. The Kier molecular flexibility index (Phi) is 4.05. The van der Waals surface area contributed by atoms with E-state index in [2.05, 4.69) is 12.2 Å². The topological polar surface area (TPSA) is 21.3 Å². The van der Waals surface area contributed by atoms with Crippen molar-refractivity contribution in [2.75, 3.05) is 12.4 Å². The molecule has 0 saturated carbocycles. The fourth-order valence-electron chi connectivity index (χ4n) is 2.00. The first-order chi connectivity index (χ1) is 9.10. The number of hydrogen-bond acceptors (Lipinski definition) is 2. The molecule has 0 bridgehead atoms. The molecule has 1 unspecified atom stereocenters. The predicted octanol–water partition coefficient (Wildman–Crippen LogP) is 4.32. The van der Waals surface area contributed by atoms with E-state index in [1.54, 1.807) is 13.2 Å². The maximum absolute atomic E-state index is 13.0. The first kappa shape index (κ1) is 13.4. The summed E-state index contributed by atoms with van der Waals surface area (Å²) >= 11 is 0. The van der Waals surface area contributed by atoms with E-state index in [4.69, 9.17) is 4.74 Å². The first-order valence-electron chi connectivity index (χ1n) is 6.27. The van der Waals surface area contributed by atoms with Crippen LogP contribution in [0.15, 0.2) is 42.5 Å². The molecule has 0 aliphatic rings. The molecular formula is C16H18FNO. The van der Waals surface area contributed by atoms with Gasteiger partial charge in [-0.2, -0.15) is 0 Å². The van der Waals surface area contributed by atoms with Crippen molar-refractivity contribution in [2.24, 2.45) is 0 Å². The third-order valence-corrected chi connectivity index (χ3v) is 3.18. The molecule has 0 saturated heterocycles. The van der Waals surface area contributed by atoms with Gasteiger partial charge in [-0.1, -0.05) is 12.1 Å². The van der Waals surface area contributed by atoms with Gasteiger partial charge in [0.1, 0.15) is 11.6 Å². The quantitative estimate of drug-likeness (QED) is 0.883. The van der Waals surface area contributed by atoms with Crippen LogP contribution in [-0.4, -0.2) is 7.11 Å². The Morgan fingerprint density at radius 3 is 2.37 bits per heavy atom. The largest absolute Gasteiger partial charge is 0.497 e. The second-order valence-corrected chi connectivity index (χ2v) is 4.60. The molecular weight excluding hydrogens is 241 g/mol. The molecule has 2 aromatic carbocycles. The van der Waals surface area contributed by atoms with Crippen molar-refractivity contribution in [3.8, 4) is 5.75 Å². The maximum atomic E-state index is 13.0. The number of ether oxygens (including phenoxy) is 1. The van der Waals surface area contributed by atoms with E-state index >= 15 is 0 Å². The van der Waals surface area contributed by atoms with E-state index in [9.17, 15) is 4.39 Å². The van der Waals surface area contributed by atoms with Crippen LogP contribution in [0.5, 0.6) is 5.75 Å². The number of halogens is 1. The highest BCUT2D eigenvalue weighted by Gasteiger charge is 2.07. The molecule has 0 aromatic heterocycles. The Morgan fingerprint density at radius 2 is 1.79 bits per heavy atom. The Labute approximate surface area is 113 Å². The van der Waals surface area contributed by atoms with Crippen LogP contribution in [0, 0.1) is 12.7 Å². The van der Waals surface area contributed by atoms with Gasteiger partial charge in [-0.3, -0.25) is 0 Å². The molecule has 2 rings (SSSR count). The van der Waals surface area contributed by atoms with Gasteiger partial charge in [-0.15, -0.1) is 0 Å². The van der Waals surface area contributed by atoms with Crippen LogP contribution in [0.2, 0.25) is 0 Å². The summed E-state index contributed by atoms with van der Waals surface area (Å²) in [5, 5.41) is 3.38. The minimum absolute atomic E-state index is 0.148. The highest BCUT2D eigenvalue weighted by Crippen LogP contribution is 2.24. The minimum Gasteiger partial charge on any atom is -0.497 e. The van der Waals surface area contributed by atoms with Crippen LogP contribution < -0.4 is 10.1 Å². The molecule has 100 valence electrons. The fourth-order valence-corrected chi connectivity index (χ4v) is 2.00. The molecule has 1 atom stereocenters. The maximum Gasteiger partial charge on any atom is 0.123 e. The third kappa shape index (κ3) is 3.25. The second-order valence-electron chi connectivity index (χ2n) is 4.60. The highest BCUT2D eigenvalue weighted by molar-refractivity contribution is 5.52. The van der Waals surface area contributed by atoms with Gasteiger partial charge in [0, 0.05) is 11.7 Å². The monoisotopic (exact) mass is 259 g/mol. The van der Waals surface area contributed by atoms with Crippen molar-refractivity contribution in [3.05, 3.63) is 59.4 Å². The van der Waals surface area contributed by atoms with Crippen molar-refractivity contribution >= 4 is 5.69 Å². The molecule has 2 aromatic rings. The minimum atomic E-state index is -0.208. The summed E-state index contributed by atoms with van der Waals surface area (Å²) in [5.41, 5.74) is 3.01. The smallest absolute Gasteiger partial charge is 0.123 e. The summed E-state index contributed by atoms with van der Waals surface area (Å²) in [5.74, 6) is 0.633. The molecule has 0 spiro atoms. The fraction of sp³-hybridized carbons (Fsp3) is 0.250. The second kappa shape index (κ2) is 5.74. The average molecular weight is 259 g/mol. The van der Waals surface area contributed by atoms with Crippen LogP contribution in [0.1, 0.15) is 24.1 Å². The lowest BCUT2D eigenvalue weighted by Crippen LogP contribution is -2.07. The Bertz CT molecular complexity index is 551. The number of rotatable bonds is 4. The van der Waals surface area contributed by atoms with Gasteiger partial charge in [-0.25, -0.2) is 4.39 Å². The molecule has 0 amide bonds. The van der Waals surface area contributed by atoms with Crippen LogP contribution in [0.3, 0.4) is 0 Å². The number of aryl methyl sites for hydroxylation is 1. The van der Waals surface area contributed by atoms with Crippen LogP contribution in [0.4, 0.5) is 10.1 Å². The summed E-state index contributed by atoms with van der Waals surface area (Å²) in [7, 11) is 1.65. The molecule has 0 heterocycles. The van der Waals surface area contributed by atoms with Crippen molar-refractivity contribution in [1.29, 1.82) is 0 Å². The molecule has 0 aliphatic carbocycles. The van der Waals surface area contributed by atoms with E-state index in [0.717, 1.165) is 22.6 Å². The van der Waals surface area contributed by atoms with Gasteiger partial charge in [0.05, 0.1) is 7.11 Å². The molecule has 3 heteroatoms. The van der Waals surface area contributed by atoms with Crippen molar-refractivity contribution in [3.63, 3.8) is 0 Å². The van der Waals surface area contributed by atoms with Crippen LogP contribution in [-0.2, 0) is 0 Å². The van der Waals surface area contributed by atoms with E-state index in [0.29, 0.717) is 0 Å². The Hall–Kier alpha value is -2.03. The first-order valence-corrected chi connectivity index (χ1v) is 6.27. The molecule has 2 nitrogen and oxygen atoms in total. The summed E-state index contributed by atoms with van der Waals surface area (Å²) in [6, 6.07) is 12.8. The SMILES string of the molecule is COc1ccc(C(C)Nc2ccc(F)cc2C)cc1. The van der Waals surface area contributed by atoms with E-state index in [-0.39, 0.29) is 11.9 Å². The predicted molar refractivity (Wildman–Crippen MR) is 76.2 cm³/mol. The normalized spacial score (nSPS) is 12.0. The Balaban J connectivity index is 2.13. The molecule has 0 fully saturated rings. The number of methoxy groups -OCH3 is 1. The van der Waals surface area contributed by atoms with Gasteiger partial charge in [-0.05, 0) is 55.3 Å². The zero-order valence-electron chi connectivity index (χ0n) is 11.4. The van der Waals surface area contributed by atoms with Crippen molar-refractivity contribution in [2.45, 2.75) is 19.9 Å². The van der Waals surface area contributed by atoms with Crippen molar-refractivity contribution in [1.82, 2.24) is 0 Å². The van der Waals surface area contributed by atoms with Gasteiger partial charge < -0.3 is 10.1 Å². The summed E-state index contributed by atoms with van der Waals surface area (Å²) < 4.78 is 18.2. The zero-order chi connectivity index (χ0) is 13.8. The summed E-state index contributed by atoms with van der Waals surface area (Å²) in [4.78, 5) is 0. The lowest BCUT2D eigenvalue weighted by atomic mass is 10.1. The van der Waals surface area contributed by atoms with E-state index in [1.165, 1.54) is 12.1 Å². The molecule has 0 radical (unpaired) electrons. The number of benzene rings is 2. The molecule has 0 aliphatic heterocycles. The Morgan fingerprint density at radius 1 is 1.11 bits per heavy atom. The standard InChI is InChI=1S/C16H18FNO/c1-11-10-14(17)6-9-16(11)18-12(2)13-4-7-15(19-3)8-5-13/h4-10,12,18H,1-3H3. The van der Waals surface area contributed by atoms with Crippen LogP contribution >= 0.6 is 0 Å². The lowest BCUT2D eigenvalue weighted by Gasteiger charge is -2.17. The number of hydrogen-bond donors (Lipinski definition) is 1. The lowest BCUT2D eigenvalue weighted by molar-refractivity contribution is 0.414. The van der Waals surface area contributed by atoms with Crippen molar-refractivity contribution < 1.29 is 9.13 Å². The van der Waals surface area contributed by atoms with Gasteiger partial charge in [0.15, 0.2) is 0 Å². The highest BCUT2D eigenvalue weighted by atomic mass is 19.1. The summed E-state index contributed by atoms with van der Waals surface area (Å²) in [6.07, 6.45) is 0. The molecule has 19 heavy (non-hydrogen) atoms. The van der Waals surface area contributed by atoms with Crippen LogP contribution in [0.25, 0.3) is 0 Å². The number of anilines is 1.